The van der Waals surface area contributed by atoms with Crippen LogP contribution in [0, 0.1) is 13.8 Å². The average molecular weight is 388 g/mol. The molecule has 4 rings (SSSR count). The molecule has 0 radical (unpaired) electrons. The molecule has 1 aromatic carbocycles. The van der Waals surface area contributed by atoms with Gasteiger partial charge in [0.1, 0.15) is 5.56 Å². The van der Waals surface area contributed by atoms with Gasteiger partial charge in [-0.1, -0.05) is 12.1 Å². The highest BCUT2D eigenvalue weighted by Gasteiger charge is 2.35. The lowest BCUT2D eigenvalue weighted by molar-refractivity contribution is -0.137. The topological polar surface area (TPSA) is 50.5 Å². The smallest absolute Gasteiger partial charge is 0.331 e. The second kappa shape index (κ2) is 6.61. The fourth-order valence-corrected chi connectivity index (χ4v) is 3.32. The standard InChI is InChI=1S/C20H19F3N4O/c1-12-9-13(2)27-18(25-12)17(10-24-27)19(28)26(16-7-8-16)11-14-3-5-15(6-4-14)20(21,22)23/h3-6,9-10,16H,7-8,11H2,1-2H3. The summed E-state index contributed by atoms with van der Waals surface area (Å²) in [7, 11) is 0. The summed E-state index contributed by atoms with van der Waals surface area (Å²) >= 11 is 0. The maximum absolute atomic E-state index is 13.2. The Bertz CT molecular complexity index is 1040. The normalized spacial score (nSPS) is 14.5. The molecule has 0 bridgehead atoms. The second-order valence-corrected chi connectivity index (χ2v) is 7.19. The van der Waals surface area contributed by atoms with Crippen molar-refractivity contribution in [3.05, 3.63) is 64.6 Å². The highest BCUT2D eigenvalue weighted by Crippen LogP contribution is 2.32. The van der Waals surface area contributed by atoms with E-state index >= 15 is 0 Å². The molecule has 8 heteroatoms. The summed E-state index contributed by atoms with van der Waals surface area (Å²) in [6.45, 7) is 4.00. The first kappa shape index (κ1) is 18.5. The fraction of sp³-hybridized carbons (Fsp3) is 0.350. The van der Waals surface area contributed by atoms with Gasteiger partial charge >= 0.3 is 6.18 Å². The van der Waals surface area contributed by atoms with Crippen LogP contribution < -0.4 is 0 Å². The molecule has 0 N–H and O–H groups in total. The van der Waals surface area contributed by atoms with Crippen molar-refractivity contribution in [2.24, 2.45) is 0 Å². The van der Waals surface area contributed by atoms with Crippen LogP contribution in [0.25, 0.3) is 5.65 Å². The lowest BCUT2D eigenvalue weighted by atomic mass is 10.1. The molecule has 2 aromatic heterocycles. The summed E-state index contributed by atoms with van der Waals surface area (Å²) in [5.74, 6) is -0.199. The Morgan fingerprint density at radius 2 is 1.89 bits per heavy atom. The number of halogens is 3. The summed E-state index contributed by atoms with van der Waals surface area (Å²) in [5.41, 5.74) is 2.54. The molecule has 0 aliphatic heterocycles. The number of hydrogen-bond acceptors (Lipinski definition) is 3. The number of aromatic nitrogens is 3. The number of nitrogens with zero attached hydrogens (tertiary/aromatic N) is 4. The number of carbonyl (C=O) groups excluding carboxylic acids is 1. The summed E-state index contributed by atoms with van der Waals surface area (Å²) in [5, 5.41) is 4.27. The fourth-order valence-electron chi connectivity index (χ4n) is 3.32. The Hall–Kier alpha value is -2.90. The van der Waals surface area contributed by atoms with Gasteiger partial charge in [0.15, 0.2) is 5.65 Å². The minimum absolute atomic E-state index is 0.0932. The van der Waals surface area contributed by atoms with E-state index in [0.717, 1.165) is 36.4 Å². The van der Waals surface area contributed by atoms with Gasteiger partial charge in [-0.15, -0.1) is 0 Å². The minimum Gasteiger partial charge on any atom is -0.331 e. The molecule has 1 aliphatic rings. The maximum Gasteiger partial charge on any atom is 0.416 e. The third-order valence-electron chi connectivity index (χ3n) is 4.89. The first-order chi connectivity index (χ1) is 13.2. The number of benzene rings is 1. The molecule has 0 atom stereocenters. The molecule has 5 nitrogen and oxygen atoms in total. The number of hydrogen-bond donors (Lipinski definition) is 0. The number of fused-ring (bicyclic) bond motifs is 1. The Labute approximate surface area is 159 Å². The molecular weight excluding hydrogens is 369 g/mol. The Morgan fingerprint density at radius 1 is 1.21 bits per heavy atom. The largest absolute Gasteiger partial charge is 0.416 e. The van der Waals surface area contributed by atoms with E-state index in [4.69, 9.17) is 0 Å². The number of carbonyl (C=O) groups is 1. The van der Waals surface area contributed by atoms with E-state index in [-0.39, 0.29) is 18.5 Å². The van der Waals surface area contributed by atoms with Crippen LogP contribution in [-0.4, -0.2) is 31.4 Å². The summed E-state index contributed by atoms with van der Waals surface area (Å²) in [6.07, 6.45) is -1.09. The number of aryl methyl sites for hydroxylation is 2. The van der Waals surface area contributed by atoms with E-state index < -0.39 is 11.7 Å². The van der Waals surface area contributed by atoms with Crippen molar-refractivity contribution in [2.45, 2.75) is 45.5 Å². The van der Waals surface area contributed by atoms with E-state index in [0.29, 0.717) is 16.8 Å². The highest BCUT2D eigenvalue weighted by atomic mass is 19.4. The molecule has 146 valence electrons. The van der Waals surface area contributed by atoms with Crippen molar-refractivity contribution in [3.63, 3.8) is 0 Å². The van der Waals surface area contributed by atoms with Gasteiger partial charge in [-0.2, -0.15) is 18.3 Å². The molecule has 1 amide bonds. The van der Waals surface area contributed by atoms with Crippen molar-refractivity contribution >= 4 is 11.6 Å². The molecule has 2 heterocycles. The first-order valence-electron chi connectivity index (χ1n) is 9.03. The third kappa shape index (κ3) is 3.46. The molecular formula is C20H19F3N4O. The monoisotopic (exact) mass is 388 g/mol. The Kier molecular flexibility index (Phi) is 4.36. The van der Waals surface area contributed by atoms with Gasteiger partial charge in [-0.25, -0.2) is 9.50 Å². The maximum atomic E-state index is 13.2. The van der Waals surface area contributed by atoms with Gasteiger partial charge in [0.2, 0.25) is 0 Å². The summed E-state index contributed by atoms with van der Waals surface area (Å²) in [6, 6.07) is 6.93. The Morgan fingerprint density at radius 3 is 2.50 bits per heavy atom. The van der Waals surface area contributed by atoms with Gasteiger partial charge in [0, 0.05) is 24.0 Å². The number of amides is 1. The van der Waals surface area contributed by atoms with Crippen molar-refractivity contribution < 1.29 is 18.0 Å². The van der Waals surface area contributed by atoms with Crippen LogP contribution in [0.5, 0.6) is 0 Å². The molecule has 1 fully saturated rings. The van der Waals surface area contributed by atoms with Crippen LogP contribution in [0.4, 0.5) is 13.2 Å². The lowest BCUT2D eigenvalue weighted by Crippen LogP contribution is -2.32. The van der Waals surface area contributed by atoms with E-state index in [1.165, 1.54) is 18.3 Å². The zero-order valence-electron chi connectivity index (χ0n) is 15.5. The van der Waals surface area contributed by atoms with Gasteiger partial charge in [0.25, 0.3) is 5.91 Å². The second-order valence-electron chi connectivity index (χ2n) is 7.19. The van der Waals surface area contributed by atoms with Crippen LogP contribution in [0.2, 0.25) is 0 Å². The third-order valence-corrected chi connectivity index (χ3v) is 4.89. The minimum atomic E-state index is -4.37. The number of alkyl halides is 3. The van der Waals surface area contributed by atoms with Crippen molar-refractivity contribution in [2.75, 3.05) is 0 Å². The zero-order valence-corrected chi connectivity index (χ0v) is 15.5. The van der Waals surface area contributed by atoms with Crippen LogP contribution in [0.3, 0.4) is 0 Å². The molecule has 28 heavy (non-hydrogen) atoms. The van der Waals surface area contributed by atoms with Crippen molar-refractivity contribution in [1.29, 1.82) is 0 Å². The molecule has 0 saturated heterocycles. The summed E-state index contributed by atoms with van der Waals surface area (Å²) in [4.78, 5) is 19.4. The van der Waals surface area contributed by atoms with Crippen molar-refractivity contribution in [1.82, 2.24) is 19.5 Å². The Balaban J connectivity index is 1.63. The molecule has 0 unspecified atom stereocenters. The van der Waals surface area contributed by atoms with E-state index in [2.05, 4.69) is 10.1 Å². The predicted octanol–water partition coefficient (Wildman–Crippen LogP) is 4.17. The van der Waals surface area contributed by atoms with Gasteiger partial charge in [0.05, 0.1) is 11.8 Å². The average Bonchev–Trinajstić information content (AvgIpc) is 3.38. The summed E-state index contributed by atoms with van der Waals surface area (Å²) < 4.78 is 39.9. The quantitative estimate of drug-likeness (QED) is 0.674. The van der Waals surface area contributed by atoms with Crippen LogP contribution in [-0.2, 0) is 12.7 Å². The van der Waals surface area contributed by atoms with Crippen LogP contribution in [0.15, 0.2) is 36.5 Å². The molecule has 3 aromatic rings. The number of rotatable bonds is 4. The van der Waals surface area contributed by atoms with Gasteiger partial charge in [-0.3, -0.25) is 4.79 Å². The van der Waals surface area contributed by atoms with Gasteiger partial charge < -0.3 is 4.90 Å². The van der Waals surface area contributed by atoms with Crippen LogP contribution in [0.1, 0.15) is 45.7 Å². The van der Waals surface area contributed by atoms with E-state index in [1.54, 1.807) is 9.42 Å². The van der Waals surface area contributed by atoms with Crippen molar-refractivity contribution in [3.8, 4) is 0 Å². The highest BCUT2D eigenvalue weighted by molar-refractivity contribution is 6.00. The molecule has 0 spiro atoms. The van der Waals surface area contributed by atoms with Crippen LogP contribution >= 0.6 is 0 Å². The van der Waals surface area contributed by atoms with Gasteiger partial charge in [-0.05, 0) is 50.5 Å². The SMILES string of the molecule is Cc1cc(C)n2ncc(C(=O)N(Cc3ccc(C(F)(F)F)cc3)C3CC3)c2n1. The zero-order chi connectivity index (χ0) is 20.1. The van der Waals surface area contributed by atoms with E-state index in [9.17, 15) is 18.0 Å². The predicted molar refractivity (Wildman–Crippen MR) is 96.8 cm³/mol. The van der Waals surface area contributed by atoms with E-state index in [1.807, 2.05) is 19.9 Å². The lowest BCUT2D eigenvalue weighted by Gasteiger charge is -2.22. The molecule has 1 saturated carbocycles. The first-order valence-corrected chi connectivity index (χ1v) is 9.03. The molecule has 1 aliphatic carbocycles.